The van der Waals surface area contributed by atoms with E-state index in [1.165, 1.54) is 4.90 Å². The summed E-state index contributed by atoms with van der Waals surface area (Å²) in [5, 5.41) is 3.08. The van der Waals surface area contributed by atoms with Crippen LogP contribution in [0.15, 0.2) is 53.5 Å². The summed E-state index contributed by atoms with van der Waals surface area (Å²) in [6, 6.07) is 12.0. The normalized spacial score (nSPS) is 10.6. The van der Waals surface area contributed by atoms with Crippen LogP contribution in [0.1, 0.15) is 28.4 Å². The third kappa shape index (κ3) is 4.77. The lowest BCUT2D eigenvalue weighted by Crippen LogP contribution is -2.31. The van der Waals surface area contributed by atoms with Crippen LogP contribution in [-0.2, 0) is 13.1 Å². The van der Waals surface area contributed by atoms with Crippen molar-refractivity contribution in [2.24, 2.45) is 11.5 Å². The van der Waals surface area contributed by atoms with Gasteiger partial charge in [-0.25, -0.2) is 9.78 Å². The maximum absolute atomic E-state index is 12.8. The zero-order valence-corrected chi connectivity index (χ0v) is 18.3. The molecule has 0 spiro atoms. The Morgan fingerprint density at radius 2 is 1.81 bits per heavy atom. The van der Waals surface area contributed by atoms with Gasteiger partial charge in [-0.15, -0.1) is 0 Å². The molecule has 0 bridgehead atoms. The van der Waals surface area contributed by atoms with Gasteiger partial charge in [0.25, 0.3) is 5.56 Å². The fourth-order valence-electron chi connectivity index (χ4n) is 3.35. The predicted octanol–water partition coefficient (Wildman–Crippen LogP) is 2.59. The topological polar surface area (TPSA) is 136 Å². The number of hydrogen-bond donors (Lipinski definition) is 3. The van der Waals surface area contributed by atoms with Crippen molar-refractivity contribution in [2.75, 3.05) is 12.4 Å². The fourth-order valence-corrected chi connectivity index (χ4v) is 3.35. The Kier molecular flexibility index (Phi) is 6.58. The van der Waals surface area contributed by atoms with Crippen molar-refractivity contribution in [3.05, 3.63) is 75.7 Å². The number of carbonyl (C=O) groups excluding carboxylic acids is 2. The van der Waals surface area contributed by atoms with E-state index in [-0.39, 0.29) is 11.4 Å². The van der Waals surface area contributed by atoms with Gasteiger partial charge in [-0.3, -0.25) is 9.59 Å². The van der Waals surface area contributed by atoms with Crippen molar-refractivity contribution in [3.63, 3.8) is 0 Å². The Labute approximate surface area is 185 Å². The van der Waals surface area contributed by atoms with Crippen LogP contribution >= 0.6 is 0 Å². The van der Waals surface area contributed by atoms with Gasteiger partial charge in [0.2, 0.25) is 5.91 Å². The molecule has 9 nitrogen and oxygen atoms in total. The summed E-state index contributed by atoms with van der Waals surface area (Å²) < 4.78 is 1.55. The number of anilines is 2. The van der Waals surface area contributed by atoms with Crippen molar-refractivity contribution < 1.29 is 9.59 Å². The third-order valence-electron chi connectivity index (χ3n) is 5.20. The summed E-state index contributed by atoms with van der Waals surface area (Å²) in [5.41, 5.74) is 14.4. The molecule has 3 rings (SSSR count). The van der Waals surface area contributed by atoms with Gasteiger partial charge >= 0.3 is 6.03 Å². The van der Waals surface area contributed by atoms with E-state index in [0.29, 0.717) is 35.6 Å². The van der Waals surface area contributed by atoms with Crippen LogP contribution in [0.3, 0.4) is 0 Å². The molecule has 0 atom stereocenters. The zero-order chi connectivity index (χ0) is 23.4. The summed E-state index contributed by atoms with van der Waals surface area (Å²) >= 11 is 0. The number of aromatic nitrogens is 2. The van der Waals surface area contributed by atoms with Gasteiger partial charge in [0, 0.05) is 43.1 Å². The quantitative estimate of drug-likeness (QED) is 0.525. The Bertz CT molecular complexity index is 1220. The number of primary amides is 2. The minimum Gasteiger partial charge on any atom is -0.366 e. The van der Waals surface area contributed by atoms with Crippen LogP contribution in [0.5, 0.6) is 0 Å². The Hall–Kier alpha value is -4.14. The molecule has 0 saturated heterocycles. The van der Waals surface area contributed by atoms with E-state index in [1.807, 2.05) is 25.1 Å². The molecule has 3 aromatic rings. The molecule has 0 radical (unpaired) electrons. The Morgan fingerprint density at radius 3 is 2.41 bits per heavy atom. The highest BCUT2D eigenvalue weighted by Crippen LogP contribution is 2.25. The van der Waals surface area contributed by atoms with Crippen molar-refractivity contribution in [2.45, 2.75) is 26.9 Å². The second-order valence-corrected chi connectivity index (χ2v) is 7.42. The number of nitrogens with zero attached hydrogens (tertiary/aromatic N) is 3. The molecular formula is C23H26N6O3. The van der Waals surface area contributed by atoms with Crippen LogP contribution < -0.4 is 22.3 Å². The molecule has 0 fully saturated rings. The summed E-state index contributed by atoms with van der Waals surface area (Å²) in [4.78, 5) is 41.7. The molecule has 0 aliphatic carbocycles. The largest absolute Gasteiger partial charge is 0.366 e. The average Bonchev–Trinajstić information content (AvgIpc) is 2.76. The second-order valence-electron chi connectivity index (χ2n) is 7.42. The fraction of sp³-hybridized carbons (Fsp3) is 0.217. The number of rotatable bonds is 7. The molecule has 1 aromatic heterocycles. The first kappa shape index (κ1) is 22.5. The van der Waals surface area contributed by atoms with Crippen LogP contribution in [-0.4, -0.2) is 33.4 Å². The lowest BCUT2D eigenvalue weighted by atomic mass is 10.00. The monoisotopic (exact) mass is 434 g/mol. The summed E-state index contributed by atoms with van der Waals surface area (Å²) in [6.07, 6.45) is 1.67. The minimum atomic E-state index is -0.520. The lowest BCUT2D eigenvalue weighted by Gasteiger charge is -2.15. The van der Waals surface area contributed by atoms with Crippen molar-refractivity contribution in [1.29, 1.82) is 0 Å². The molecule has 0 aliphatic rings. The SMILES string of the molecule is CCn1cc(-c2cccc(C(N)=O)c2C)nc(Nc2ccc(CN(C)C(N)=O)cc2)c1=O. The van der Waals surface area contributed by atoms with Gasteiger partial charge in [0.15, 0.2) is 5.82 Å². The first-order valence-corrected chi connectivity index (χ1v) is 10.1. The number of nitrogens with one attached hydrogen (secondary N) is 1. The minimum absolute atomic E-state index is 0.162. The highest BCUT2D eigenvalue weighted by Gasteiger charge is 2.15. The molecule has 9 heteroatoms. The highest BCUT2D eigenvalue weighted by molar-refractivity contribution is 5.96. The van der Waals surface area contributed by atoms with Gasteiger partial charge in [0.1, 0.15) is 0 Å². The maximum atomic E-state index is 12.8. The second kappa shape index (κ2) is 9.34. The molecule has 0 unspecified atom stereocenters. The Morgan fingerprint density at radius 1 is 1.12 bits per heavy atom. The summed E-state index contributed by atoms with van der Waals surface area (Å²) in [6.45, 7) is 4.50. The average molecular weight is 435 g/mol. The maximum Gasteiger partial charge on any atom is 0.314 e. The number of amides is 3. The molecule has 5 N–H and O–H groups in total. The highest BCUT2D eigenvalue weighted by atomic mass is 16.2. The third-order valence-corrected chi connectivity index (χ3v) is 5.20. The van der Waals surface area contributed by atoms with Gasteiger partial charge in [-0.1, -0.05) is 24.3 Å². The molecule has 0 saturated carbocycles. The molecular weight excluding hydrogens is 408 g/mol. The number of aryl methyl sites for hydroxylation is 1. The molecule has 1 heterocycles. The van der Waals surface area contributed by atoms with Crippen molar-refractivity contribution in [3.8, 4) is 11.3 Å². The number of benzene rings is 2. The van der Waals surface area contributed by atoms with Crippen molar-refractivity contribution in [1.82, 2.24) is 14.5 Å². The van der Waals surface area contributed by atoms with E-state index in [0.717, 1.165) is 11.1 Å². The van der Waals surface area contributed by atoms with Gasteiger partial charge in [0.05, 0.1) is 5.69 Å². The number of urea groups is 1. The number of nitrogens with two attached hydrogens (primary N) is 2. The first-order chi connectivity index (χ1) is 15.2. The molecule has 0 aliphatic heterocycles. The standard InChI is InChI=1S/C23H26N6O3/c1-4-29-13-19(17-6-5-7-18(14(17)2)20(24)30)27-21(22(29)31)26-16-10-8-15(9-11-16)12-28(3)23(25)32/h5-11,13H,4,12H2,1-3H3,(H2,24,30)(H2,25,32)(H,26,27). The van der Waals surface area contributed by atoms with E-state index in [2.05, 4.69) is 10.3 Å². The van der Waals surface area contributed by atoms with Gasteiger partial charge in [-0.2, -0.15) is 0 Å². The summed E-state index contributed by atoms with van der Waals surface area (Å²) in [5.74, 6) is -0.358. The van der Waals surface area contributed by atoms with Crippen molar-refractivity contribution >= 4 is 23.4 Å². The molecule has 32 heavy (non-hydrogen) atoms. The van der Waals surface area contributed by atoms with E-state index < -0.39 is 11.9 Å². The number of carbonyl (C=O) groups is 2. The molecule has 166 valence electrons. The van der Waals surface area contributed by atoms with Crippen LogP contribution in [0, 0.1) is 6.92 Å². The smallest absolute Gasteiger partial charge is 0.314 e. The predicted molar refractivity (Wildman–Crippen MR) is 124 cm³/mol. The molecule has 2 aromatic carbocycles. The zero-order valence-electron chi connectivity index (χ0n) is 18.3. The van der Waals surface area contributed by atoms with Crippen LogP contribution in [0.25, 0.3) is 11.3 Å². The van der Waals surface area contributed by atoms with E-state index in [9.17, 15) is 14.4 Å². The summed E-state index contributed by atoms with van der Waals surface area (Å²) in [7, 11) is 1.62. The van der Waals surface area contributed by atoms with Crippen LogP contribution in [0.2, 0.25) is 0 Å². The number of hydrogen-bond acceptors (Lipinski definition) is 5. The van der Waals surface area contributed by atoms with Crippen LogP contribution in [0.4, 0.5) is 16.3 Å². The van der Waals surface area contributed by atoms with Gasteiger partial charge in [-0.05, 0) is 43.2 Å². The molecule has 3 amide bonds. The van der Waals surface area contributed by atoms with E-state index in [4.69, 9.17) is 11.5 Å². The lowest BCUT2D eigenvalue weighted by molar-refractivity contribution is 0.0999. The van der Waals surface area contributed by atoms with E-state index in [1.54, 1.807) is 49.0 Å². The Balaban J connectivity index is 1.96. The first-order valence-electron chi connectivity index (χ1n) is 10.1. The van der Waals surface area contributed by atoms with Gasteiger partial charge < -0.3 is 26.3 Å². The van der Waals surface area contributed by atoms with E-state index >= 15 is 0 Å².